The number of esters is 1. The molecule has 1 aromatic heterocycles. The second kappa shape index (κ2) is 6.78. The summed E-state index contributed by atoms with van der Waals surface area (Å²) >= 11 is 4.34. The van der Waals surface area contributed by atoms with Gasteiger partial charge in [0.25, 0.3) is 0 Å². The minimum atomic E-state index is -4.36. The predicted octanol–water partition coefficient (Wildman–Crippen LogP) is 4.69. The number of carbonyl (C=O) groups is 1. The summed E-state index contributed by atoms with van der Waals surface area (Å²) in [4.78, 5) is 16.4. The summed E-state index contributed by atoms with van der Waals surface area (Å²) < 4.78 is 43.1. The van der Waals surface area contributed by atoms with Crippen LogP contribution >= 0.6 is 27.3 Å². The molecule has 0 amide bonds. The smallest absolute Gasteiger partial charge is 0.416 e. The summed E-state index contributed by atoms with van der Waals surface area (Å²) in [5, 5.41) is 0. The molecule has 1 heterocycles. The molecule has 0 bridgehead atoms. The highest BCUT2D eigenvalue weighted by atomic mass is 79.9. The third-order valence-electron chi connectivity index (χ3n) is 2.78. The number of alkyl halides is 3. The molecule has 0 spiro atoms. The molecular formula is C14H11BrF3NO2S. The molecule has 0 N–H and O–H groups in total. The van der Waals surface area contributed by atoms with Crippen LogP contribution in [0.5, 0.6) is 0 Å². The number of halogens is 4. The van der Waals surface area contributed by atoms with Gasteiger partial charge in [0.15, 0.2) is 3.92 Å². The molecule has 0 fully saturated rings. The number of thiazole rings is 1. The molecule has 3 nitrogen and oxygen atoms in total. The first-order chi connectivity index (χ1) is 10.3. The van der Waals surface area contributed by atoms with E-state index in [1.807, 2.05) is 0 Å². The lowest BCUT2D eigenvalue weighted by atomic mass is 10.1. The first-order valence-corrected chi connectivity index (χ1v) is 7.90. The van der Waals surface area contributed by atoms with Crippen molar-refractivity contribution in [2.75, 3.05) is 6.61 Å². The highest BCUT2D eigenvalue weighted by Crippen LogP contribution is 2.30. The van der Waals surface area contributed by atoms with Crippen LogP contribution in [0.3, 0.4) is 0 Å². The number of benzene rings is 1. The minimum absolute atomic E-state index is 0.244. The molecule has 2 aromatic rings. The molecule has 2 rings (SSSR count). The maximum atomic E-state index is 12.5. The first kappa shape index (κ1) is 17.0. The van der Waals surface area contributed by atoms with E-state index in [2.05, 4.69) is 20.9 Å². The van der Waals surface area contributed by atoms with Gasteiger partial charge < -0.3 is 4.74 Å². The Kier molecular flexibility index (Phi) is 5.23. The molecule has 0 saturated heterocycles. The number of ether oxygens (including phenoxy) is 1. The molecular weight excluding hydrogens is 383 g/mol. The van der Waals surface area contributed by atoms with E-state index < -0.39 is 17.7 Å². The Labute approximate surface area is 137 Å². The zero-order valence-electron chi connectivity index (χ0n) is 11.4. The van der Waals surface area contributed by atoms with E-state index in [1.165, 1.54) is 12.1 Å². The van der Waals surface area contributed by atoms with E-state index in [9.17, 15) is 18.0 Å². The van der Waals surface area contributed by atoms with Gasteiger partial charge in [-0.1, -0.05) is 23.5 Å². The lowest BCUT2D eigenvalue weighted by molar-refractivity contribution is -0.137. The van der Waals surface area contributed by atoms with Crippen LogP contribution in [-0.4, -0.2) is 17.6 Å². The fourth-order valence-corrected chi connectivity index (χ4v) is 3.21. The van der Waals surface area contributed by atoms with Crippen molar-refractivity contribution in [3.8, 4) is 0 Å². The van der Waals surface area contributed by atoms with Gasteiger partial charge in [-0.15, -0.1) is 0 Å². The minimum Gasteiger partial charge on any atom is -0.462 e. The molecule has 0 unspecified atom stereocenters. The van der Waals surface area contributed by atoms with Crippen molar-refractivity contribution in [1.82, 2.24) is 4.98 Å². The molecule has 0 atom stereocenters. The number of hydrogen-bond donors (Lipinski definition) is 0. The fraction of sp³-hybridized carbons (Fsp3) is 0.286. The number of carbonyl (C=O) groups excluding carboxylic acids is 1. The second-order valence-corrected chi connectivity index (χ2v) is 6.61. The second-order valence-electron chi connectivity index (χ2n) is 4.33. The molecule has 1 aromatic carbocycles. The van der Waals surface area contributed by atoms with Crippen LogP contribution in [0.1, 0.15) is 33.4 Å². The van der Waals surface area contributed by atoms with Gasteiger partial charge in [0, 0.05) is 6.42 Å². The highest BCUT2D eigenvalue weighted by molar-refractivity contribution is 9.11. The average Bonchev–Trinajstić information content (AvgIpc) is 2.79. The van der Waals surface area contributed by atoms with Crippen LogP contribution in [0.15, 0.2) is 28.2 Å². The van der Waals surface area contributed by atoms with E-state index in [4.69, 9.17) is 4.74 Å². The van der Waals surface area contributed by atoms with E-state index in [-0.39, 0.29) is 13.0 Å². The monoisotopic (exact) mass is 393 g/mol. The van der Waals surface area contributed by atoms with Crippen molar-refractivity contribution < 1.29 is 22.7 Å². The van der Waals surface area contributed by atoms with Crippen molar-refractivity contribution in [1.29, 1.82) is 0 Å². The van der Waals surface area contributed by atoms with Crippen LogP contribution < -0.4 is 0 Å². The van der Waals surface area contributed by atoms with Crippen molar-refractivity contribution in [2.45, 2.75) is 19.5 Å². The van der Waals surface area contributed by atoms with E-state index in [1.54, 1.807) is 6.92 Å². The normalized spacial score (nSPS) is 11.5. The number of rotatable bonds is 4. The Morgan fingerprint density at radius 2 is 1.95 bits per heavy atom. The van der Waals surface area contributed by atoms with Crippen molar-refractivity contribution >= 4 is 33.2 Å². The average molecular weight is 394 g/mol. The highest BCUT2D eigenvalue weighted by Gasteiger charge is 2.30. The molecule has 8 heteroatoms. The summed E-state index contributed by atoms with van der Waals surface area (Å²) in [6.07, 6.45) is -4.10. The third kappa shape index (κ3) is 4.07. The van der Waals surface area contributed by atoms with Crippen LogP contribution in [0.2, 0.25) is 0 Å². The molecule has 0 aliphatic carbocycles. The summed E-state index contributed by atoms with van der Waals surface area (Å²) in [5.74, 6) is -0.479. The largest absolute Gasteiger partial charge is 0.462 e. The fourth-order valence-electron chi connectivity index (χ4n) is 1.80. The predicted molar refractivity (Wildman–Crippen MR) is 80.0 cm³/mol. The van der Waals surface area contributed by atoms with Crippen molar-refractivity contribution in [3.05, 3.63) is 49.9 Å². The van der Waals surface area contributed by atoms with Gasteiger partial charge in [0.2, 0.25) is 0 Å². The number of aromatic nitrogens is 1. The molecule has 0 aliphatic rings. The number of nitrogens with zero attached hydrogens (tertiary/aromatic N) is 1. The summed E-state index contributed by atoms with van der Waals surface area (Å²) in [7, 11) is 0. The van der Waals surface area contributed by atoms with Gasteiger partial charge in [-0.2, -0.15) is 13.2 Å². The molecule has 22 heavy (non-hydrogen) atoms. The van der Waals surface area contributed by atoms with Gasteiger partial charge in [-0.3, -0.25) is 0 Å². The molecule has 0 aliphatic heterocycles. The quantitative estimate of drug-likeness (QED) is 0.707. The maximum absolute atomic E-state index is 12.5. The SMILES string of the molecule is CCOC(=O)c1sc(Br)nc1Cc1ccc(C(F)(F)F)cc1. The Balaban J connectivity index is 2.22. The van der Waals surface area contributed by atoms with Crippen LogP contribution in [0.25, 0.3) is 0 Å². The van der Waals surface area contributed by atoms with Crippen molar-refractivity contribution in [2.24, 2.45) is 0 Å². The first-order valence-electron chi connectivity index (χ1n) is 6.29. The topological polar surface area (TPSA) is 39.2 Å². The summed E-state index contributed by atoms with van der Waals surface area (Å²) in [6, 6.07) is 4.79. The molecule has 0 radical (unpaired) electrons. The van der Waals surface area contributed by atoms with Crippen LogP contribution in [0, 0.1) is 0 Å². The third-order valence-corrected chi connectivity index (χ3v) is 4.31. The van der Waals surface area contributed by atoms with Gasteiger partial charge in [-0.05, 0) is 40.5 Å². The van der Waals surface area contributed by atoms with Crippen LogP contribution in [-0.2, 0) is 17.3 Å². The van der Waals surface area contributed by atoms with E-state index >= 15 is 0 Å². The van der Waals surface area contributed by atoms with Gasteiger partial charge in [-0.25, -0.2) is 9.78 Å². The van der Waals surface area contributed by atoms with E-state index in [0.717, 1.165) is 23.5 Å². The Morgan fingerprint density at radius 3 is 2.50 bits per heavy atom. The Bertz CT molecular complexity index is 668. The molecule has 118 valence electrons. The zero-order chi connectivity index (χ0) is 16.3. The Hall–Kier alpha value is -1.41. The van der Waals surface area contributed by atoms with E-state index in [0.29, 0.717) is 20.1 Å². The van der Waals surface area contributed by atoms with Gasteiger partial charge >= 0.3 is 12.1 Å². The lowest BCUT2D eigenvalue weighted by Gasteiger charge is -2.07. The zero-order valence-corrected chi connectivity index (χ0v) is 13.8. The lowest BCUT2D eigenvalue weighted by Crippen LogP contribution is -2.07. The van der Waals surface area contributed by atoms with Crippen LogP contribution in [0.4, 0.5) is 13.2 Å². The van der Waals surface area contributed by atoms with Gasteiger partial charge in [0.05, 0.1) is 17.9 Å². The number of hydrogen-bond acceptors (Lipinski definition) is 4. The van der Waals surface area contributed by atoms with Crippen molar-refractivity contribution in [3.63, 3.8) is 0 Å². The van der Waals surface area contributed by atoms with Gasteiger partial charge in [0.1, 0.15) is 4.88 Å². The summed E-state index contributed by atoms with van der Waals surface area (Å²) in [6.45, 7) is 1.94. The molecule has 0 saturated carbocycles. The summed E-state index contributed by atoms with van der Waals surface area (Å²) in [5.41, 5.74) is 0.410. The Morgan fingerprint density at radius 1 is 1.32 bits per heavy atom. The maximum Gasteiger partial charge on any atom is 0.416 e. The standard InChI is InChI=1S/C14H11BrF3NO2S/c1-2-21-12(20)11-10(19-13(15)22-11)7-8-3-5-9(6-4-8)14(16,17)18/h3-6H,2,7H2,1H3.